The van der Waals surface area contributed by atoms with E-state index in [0.717, 1.165) is 25.2 Å². The molecule has 3 heterocycles. The van der Waals surface area contributed by atoms with Gasteiger partial charge in [0.15, 0.2) is 0 Å². The Labute approximate surface area is 93.7 Å². The zero-order chi connectivity index (χ0) is 11.3. The summed E-state index contributed by atoms with van der Waals surface area (Å²) in [6.07, 6.45) is 6.52. The van der Waals surface area contributed by atoms with Gasteiger partial charge in [0, 0.05) is 31.5 Å². The molecule has 2 aliphatic rings. The van der Waals surface area contributed by atoms with E-state index in [2.05, 4.69) is 9.88 Å². The molecule has 2 saturated heterocycles. The summed E-state index contributed by atoms with van der Waals surface area (Å²) in [7, 11) is 1.95. The van der Waals surface area contributed by atoms with E-state index in [-0.39, 0.29) is 12.0 Å². The van der Waals surface area contributed by atoms with E-state index in [1.165, 1.54) is 0 Å². The minimum absolute atomic E-state index is 0.142. The standard InChI is InChI=1S/C11H15N3O2/c1-13-5-4-12-11(13)14-7-2-3-9(14)8(6-7)10(15)16/h4-5,7-9H,2-3,6H2,1H3,(H,15,16). The monoisotopic (exact) mass is 221 g/mol. The fraction of sp³-hybridized carbons (Fsp3) is 0.636. The minimum atomic E-state index is -0.661. The number of carboxylic acids is 1. The molecular formula is C11H15N3O2. The van der Waals surface area contributed by atoms with Crippen LogP contribution in [0.4, 0.5) is 5.95 Å². The molecule has 3 atom stereocenters. The lowest BCUT2D eigenvalue weighted by Crippen LogP contribution is -2.34. The lowest BCUT2D eigenvalue weighted by atomic mass is 9.89. The van der Waals surface area contributed by atoms with Crippen LogP contribution in [0.15, 0.2) is 12.4 Å². The van der Waals surface area contributed by atoms with Gasteiger partial charge in [0.25, 0.3) is 0 Å². The van der Waals surface area contributed by atoms with Crippen molar-refractivity contribution in [3.63, 3.8) is 0 Å². The van der Waals surface area contributed by atoms with Crippen molar-refractivity contribution in [1.82, 2.24) is 9.55 Å². The second kappa shape index (κ2) is 3.23. The van der Waals surface area contributed by atoms with Gasteiger partial charge in [-0.2, -0.15) is 0 Å². The Kier molecular flexibility index (Phi) is 1.96. The van der Waals surface area contributed by atoms with Crippen molar-refractivity contribution in [2.24, 2.45) is 13.0 Å². The number of anilines is 1. The van der Waals surface area contributed by atoms with Crippen molar-refractivity contribution in [2.45, 2.75) is 31.3 Å². The van der Waals surface area contributed by atoms with Gasteiger partial charge in [-0.1, -0.05) is 0 Å². The van der Waals surface area contributed by atoms with Crippen molar-refractivity contribution in [2.75, 3.05) is 4.90 Å². The molecule has 1 aromatic heterocycles. The second-order valence-electron chi connectivity index (χ2n) is 4.72. The second-order valence-corrected chi connectivity index (χ2v) is 4.72. The molecule has 0 saturated carbocycles. The maximum atomic E-state index is 11.1. The number of fused-ring (bicyclic) bond motifs is 2. The smallest absolute Gasteiger partial charge is 0.308 e. The number of aromatic nitrogens is 2. The molecule has 86 valence electrons. The van der Waals surface area contributed by atoms with Gasteiger partial charge >= 0.3 is 5.97 Å². The third-order valence-corrected chi connectivity index (χ3v) is 3.88. The number of aryl methyl sites for hydroxylation is 1. The maximum absolute atomic E-state index is 11.1. The first-order valence-electron chi connectivity index (χ1n) is 5.67. The number of aliphatic carboxylic acids is 1. The van der Waals surface area contributed by atoms with E-state index in [1.807, 2.05) is 17.8 Å². The summed E-state index contributed by atoms with van der Waals surface area (Å²) < 4.78 is 1.97. The van der Waals surface area contributed by atoms with Gasteiger partial charge in [0.2, 0.25) is 5.95 Å². The Morgan fingerprint density at radius 1 is 1.56 bits per heavy atom. The number of hydrogen-bond acceptors (Lipinski definition) is 3. The van der Waals surface area contributed by atoms with Gasteiger partial charge in [-0.05, 0) is 19.3 Å². The molecule has 0 aromatic carbocycles. The minimum Gasteiger partial charge on any atom is -0.481 e. The van der Waals surface area contributed by atoms with Gasteiger partial charge in [-0.25, -0.2) is 4.98 Å². The van der Waals surface area contributed by atoms with Crippen molar-refractivity contribution in [3.8, 4) is 0 Å². The molecule has 0 aliphatic carbocycles. The topological polar surface area (TPSA) is 58.4 Å². The van der Waals surface area contributed by atoms with Crippen LogP contribution in [0.3, 0.4) is 0 Å². The normalized spacial score (nSPS) is 32.3. The third kappa shape index (κ3) is 1.17. The average molecular weight is 221 g/mol. The molecule has 0 amide bonds. The van der Waals surface area contributed by atoms with Gasteiger partial charge < -0.3 is 14.6 Å². The summed E-state index contributed by atoms with van der Waals surface area (Å²) in [5.41, 5.74) is 0. The molecule has 1 aromatic rings. The third-order valence-electron chi connectivity index (χ3n) is 3.88. The first-order valence-corrected chi connectivity index (χ1v) is 5.67. The van der Waals surface area contributed by atoms with Crippen LogP contribution in [-0.2, 0) is 11.8 Å². The lowest BCUT2D eigenvalue weighted by Gasteiger charge is -2.23. The highest BCUT2D eigenvalue weighted by molar-refractivity contribution is 5.73. The van der Waals surface area contributed by atoms with Gasteiger partial charge in [-0.3, -0.25) is 4.79 Å². The summed E-state index contributed by atoms with van der Waals surface area (Å²) in [4.78, 5) is 17.7. The summed E-state index contributed by atoms with van der Waals surface area (Å²) in [5.74, 6) is 0.0399. The van der Waals surface area contributed by atoms with E-state index in [0.29, 0.717) is 6.04 Å². The number of nitrogens with zero attached hydrogens (tertiary/aromatic N) is 3. The van der Waals surface area contributed by atoms with E-state index < -0.39 is 5.97 Å². The maximum Gasteiger partial charge on any atom is 0.308 e. The molecule has 5 nitrogen and oxygen atoms in total. The van der Waals surface area contributed by atoms with Crippen LogP contribution in [0, 0.1) is 5.92 Å². The molecule has 2 fully saturated rings. The zero-order valence-electron chi connectivity index (χ0n) is 9.21. The highest BCUT2D eigenvalue weighted by Gasteiger charge is 2.50. The summed E-state index contributed by atoms with van der Waals surface area (Å²) >= 11 is 0. The van der Waals surface area contributed by atoms with Crippen molar-refractivity contribution in [1.29, 1.82) is 0 Å². The Hall–Kier alpha value is -1.52. The van der Waals surface area contributed by atoms with Crippen LogP contribution >= 0.6 is 0 Å². The van der Waals surface area contributed by atoms with E-state index in [9.17, 15) is 4.79 Å². The predicted octanol–water partition coefficient (Wildman–Crippen LogP) is 0.862. The molecule has 3 unspecified atom stereocenters. The van der Waals surface area contributed by atoms with Crippen LogP contribution in [0.25, 0.3) is 0 Å². The zero-order valence-corrected chi connectivity index (χ0v) is 9.21. The van der Waals surface area contributed by atoms with Crippen LogP contribution in [0.2, 0.25) is 0 Å². The molecule has 0 radical (unpaired) electrons. The van der Waals surface area contributed by atoms with Crippen LogP contribution in [0.1, 0.15) is 19.3 Å². The van der Waals surface area contributed by atoms with Crippen molar-refractivity contribution in [3.05, 3.63) is 12.4 Å². The Bertz CT molecular complexity index is 429. The summed E-state index contributed by atoms with van der Waals surface area (Å²) in [6, 6.07) is 0.510. The molecule has 3 rings (SSSR count). The fourth-order valence-corrected chi connectivity index (χ4v) is 3.17. The van der Waals surface area contributed by atoms with Crippen molar-refractivity contribution < 1.29 is 9.90 Å². The Morgan fingerprint density at radius 3 is 2.94 bits per heavy atom. The number of carboxylic acid groups (broad SMARTS) is 1. The van der Waals surface area contributed by atoms with E-state index >= 15 is 0 Å². The SMILES string of the molecule is Cn1ccnc1N1C2CCC1C(C(=O)O)C2. The highest BCUT2D eigenvalue weighted by atomic mass is 16.4. The van der Waals surface area contributed by atoms with Gasteiger partial charge in [0.1, 0.15) is 0 Å². The first kappa shape index (κ1) is 9.69. The van der Waals surface area contributed by atoms with Crippen LogP contribution < -0.4 is 4.90 Å². The fourth-order valence-electron chi connectivity index (χ4n) is 3.17. The number of hydrogen-bond donors (Lipinski definition) is 1. The molecule has 2 bridgehead atoms. The largest absolute Gasteiger partial charge is 0.481 e. The Morgan fingerprint density at radius 2 is 2.38 bits per heavy atom. The predicted molar refractivity (Wildman–Crippen MR) is 58.2 cm³/mol. The summed E-state index contributed by atoms with van der Waals surface area (Å²) in [6.45, 7) is 0. The molecule has 0 spiro atoms. The number of imidazole rings is 1. The lowest BCUT2D eigenvalue weighted by molar-refractivity contribution is -0.142. The highest BCUT2D eigenvalue weighted by Crippen LogP contribution is 2.43. The number of rotatable bonds is 2. The average Bonchev–Trinajstić information content (AvgIpc) is 2.90. The molecule has 2 aliphatic heterocycles. The summed E-state index contributed by atoms with van der Waals surface area (Å²) in [5, 5.41) is 9.17. The molecule has 16 heavy (non-hydrogen) atoms. The first-order chi connectivity index (χ1) is 7.68. The van der Waals surface area contributed by atoms with Gasteiger partial charge in [0.05, 0.1) is 5.92 Å². The van der Waals surface area contributed by atoms with Crippen LogP contribution in [0.5, 0.6) is 0 Å². The van der Waals surface area contributed by atoms with Crippen molar-refractivity contribution >= 4 is 11.9 Å². The van der Waals surface area contributed by atoms with Crippen LogP contribution in [-0.4, -0.2) is 32.7 Å². The molecule has 5 heteroatoms. The quantitative estimate of drug-likeness (QED) is 0.804. The Balaban J connectivity index is 1.94. The van der Waals surface area contributed by atoms with Gasteiger partial charge in [-0.15, -0.1) is 0 Å². The number of carbonyl (C=O) groups is 1. The van der Waals surface area contributed by atoms with E-state index in [1.54, 1.807) is 6.20 Å². The molecular weight excluding hydrogens is 206 g/mol. The van der Waals surface area contributed by atoms with E-state index in [4.69, 9.17) is 5.11 Å². The molecule has 1 N–H and O–H groups in total.